The van der Waals surface area contributed by atoms with E-state index in [0.29, 0.717) is 10.2 Å². The summed E-state index contributed by atoms with van der Waals surface area (Å²) in [7, 11) is 0. The SMILES string of the molecule is Cc1cc(Br)c(F)cc1NC(C)c1c(F)cccc1F. The summed E-state index contributed by atoms with van der Waals surface area (Å²) in [5.74, 6) is -1.68. The molecule has 1 nitrogen and oxygen atoms in total. The van der Waals surface area contributed by atoms with Crippen molar-refractivity contribution < 1.29 is 13.2 Å². The molecular weight excluding hydrogens is 331 g/mol. The number of rotatable bonds is 3. The molecule has 1 unspecified atom stereocenters. The highest BCUT2D eigenvalue weighted by Crippen LogP contribution is 2.29. The van der Waals surface area contributed by atoms with Crippen LogP contribution < -0.4 is 5.32 Å². The highest BCUT2D eigenvalue weighted by Gasteiger charge is 2.17. The molecule has 0 amide bonds. The summed E-state index contributed by atoms with van der Waals surface area (Å²) >= 11 is 3.09. The summed E-state index contributed by atoms with van der Waals surface area (Å²) in [6.45, 7) is 3.41. The van der Waals surface area contributed by atoms with E-state index >= 15 is 0 Å². The van der Waals surface area contributed by atoms with E-state index in [0.717, 1.165) is 5.56 Å². The molecule has 0 aromatic heterocycles. The second-order valence-corrected chi connectivity index (χ2v) is 5.44. The third kappa shape index (κ3) is 2.98. The van der Waals surface area contributed by atoms with E-state index < -0.39 is 23.5 Å². The van der Waals surface area contributed by atoms with Crippen molar-refractivity contribution in [2.75, 3.05) is 5.32 Å². The lowest BCUT2D eigenvalue weighted by atomic mass is 10.1. The van der Waals surface area contributed by atoms with Gasteiger partial charge in [0.25, 0.3) is 0 Å². The summed E-state index contributed by atoms with van der Waals surface area (Å²) in [5.41, 5.74) is 1.22. The maximum absolute atomic E-state index is 13.7. The first-order valence-electron chi connectivity index (χ1n) is 6.06. The lowest BCUT2D eigenvalue weighted by molar-refractivity contribution is 0.544. The van der Waals surface area contributed by atoms with Gasteiger partial charge in [0.05, 0.1) is 10.5 Å². The second-order valence-electron chi connectivity index (χ2n) is 4.58. The van der Waals surface area contributed by atoms with Crippen LogP contribution in [-0.2, 0) is 0 Å². The smallest absolute Gasteiger partial charge is 0.139 e. The molecule has 1 atom stereocenters. The van der Waals surface area contributed by atoms with Crippen LogP contribution in [0.1, 0.15) is 24.1 Å². The fraction of sp³-hybridized carbons (Fsp3) is 0.200. The Morgan fingerprint density at radius 2 is 1.65 bits per heavy atom. The first-order chi connectivity index (χ1) is 9.40. The van der Waals surface area contributed by atoms with Crippen molar-refractivity contribution in [3.63, 3.8) is 0 Å². The van der Waals surface area contributed by atoms with E-state index in [1.165, 1.54) is 24.3 Å². The Kier molecular flexibility index (Phi) is 4.38. The van der Waals surface area contributed by atoms with Gasteiger partial charge < -0.3 is 5.32 Å². The molecule has 0 fully saturated rings. The van der Waals surface area contributed by atoms with Crippen molar-refractivity contribution in [2.45, 2.75) is 19.9 Å². The van der Waals surface area contributed by atoms with Crippen molar-refractivity contribution in [2.24, 2.45) is 0 Å². The largest absolute Gasteiger partial charge is 0.378 e. The van der Waals surface area contributed by atoms with Gasteiger partial charge in [0.2, 0.25) is 0 Å². The standard InChI is InChI=1S/C15H13BrF3N/c1-8-6-10(16)13(19)7-14(8)20-9(2)15-11(17)4-3-5-12(15)18/h3-7,9,20H,1-2H3. The molecule has 2 rings (SSSR count). The number of anilines is 1. The molecule has 0 aliphatic carbocycles. The summed E-state index contributed by atoms with van der Waals surface area (Å²) < 4.78 is 41.3. The lowest BCUT2D eigenvalue weighted by Gasteiger charge is -2.19. The van der Waals surface area contributed by atoms with Crippen LogP contribution in [0.15, 0.2) is 34.8 Å². The van der Waals surface area contributed by atoms with Gasteiger partial charge in [0.15, 0.2) is 0 Å². The average Bonchev–Trinajstić information content (AvgIpc) is 2.35. The maximum Gasteiger partial charge on any atom is 0.139 e. The number of hydrogen-bond donors (Lipinski definition) is 1. The van der Waals surface area contributed by atoms with Gasteiger partial charge in [0.1, 0.15) is 17.5 Å². The summed E-state index contributed by atoms with van der Waals surface area (Å²) in [4.78, 5) is 0. The van der Waals surface area contributed by atoms with E-state index in [1.54, 1.807) is 19.9 Å². The van der Waals surface area contributed by atoms with Gasteiger partial charge in [-0.1, -0.05) is 6.07 Å². The molecule has 0 heterocycles. The Balaban J connectivity index is 2.33. The van der Waals surface area contributed by atoms with Crippen LogP contribution in [0.5, 0.6) is 0 Å². The lowest BCUT2D eigenvalue weighted by Crippen LogP contribution is -2.12. The Labute approximate surface area is 123 Å². The van der Waals surface area contributed by atoms with Crippen LogP contribution in [0.4, 0.5) is 18.9 Å². The van der Waals surface area contributed by atoms with Gasteiger partial charge in [-0.15, -0.1) is 0 Å². The first-order valence-corrected chi connectivity index (χ1v) is 6.85. The zero-order valence-corrected chi connectivity index (χ0v) is 12.6. The molecule has 0 spiro atoms. The highest BCUT2D eigenvalue weighted by atomic mass is 79.9. The van der Waals surface area contributed by atoms with E-state index in [9.17, 15) is 13.2 Å². The molecule has 106 valence electrons. The van der Waals surface area contributed by atoms with Crippen molar-refractivity contribution >= 4 is 21.6 Å². The number of halogens is 4. The summed E-state index contributed by atoms with van der Waals surface area (Å²) in [6, 6.07) is 6.01. The minimum absolute atomic E-state index is 0.0600. The molecule has 0 bridgehead atoms. The quantitative estimate of drug-likeness (QED) is 0.792. The normalized spacial score (nSPS) is 12.3. The Hall–Kier alpha value is -1.49. The molecule has 0 saturated heterocycles. The topological polar surface area (TPSA) is 12.0 Å². The predicted octanol–water partition coefficient (Wildman–Crippen LogP) is 5.35. The molecule has 0 radical (unpaired) electrons. The zero-order valence-electron chi connectivity index (χ0n) is 11.0. The van der Waals surface area contributed by atoms with Crippen LogP contribution in [0.2, 0.25) is 0 Å². The van der Waals surface area contributed by atoms with Gasteiger partial charge in [-0.2, -0.15) is 0 Å². The second kappa shape index (κ2) is 5.87. The predicted molar refractivity (Wildman–Crippen MR) is 77.2 cm³/mol. The Morgan fingerprint density at radius 1 is 1.05 bits per heavy atom. The van der Waals surface area contributed by atoms with E-state index in [2.05, 4.69) is 21.2 Å². The van der Waals surface area contributed by atoms with Gasteiger partial charge in [-0.05, 0) is 59.6 Å². The molecule has 5 heteroatoms. The van der Waals surface area contributed by atoms with Crippen molar-refractivity contribution in [1.29, 1.82) is 0 Å². The van der Waals surface area contributed by atoms with Crippen molar-refractivity contribution in [3.05, 3.63) is 63.4 Å². The van der Waals surface area contributed by atoms with E-state index in [4.69, 9.17) is 0 Å². The van der Waals surface area contributed by atoms with Crippen LogP contribution >= 0.6 is 15.9 Å². The number of hydrogen-bond acceptors (Lipinski definition) is 1. The number of aryl methyl sites for hydroxylation is 1. The minimum Gasteiger partial charge on any atom is -0.378 e. The molecular formula is C15H13BrF3N. The maximum atomic E-state index is 13.7. The van der Waals surface area contributed by atoms with Crippen LogP contribution in [0.25, 0.3) is 0 Å². The van der Waals surface area contributed by atoms with Gasteiger partial charge in [-0.25, -0.2) is 13.2 Å². The molecule has 1 N–H and O–H groups in total. The average molecular weight is 344 g/mol. The fourth-order valence-electron chi connectivity index (χ4n) is 2.03. The van der Waals surface area contributed by atoms with E-state index in [1.807, 2.05) is 0 Å². The van der Waals surface area contributed by atoms with E-state index in [-0.39, 0.29) is 5.56 Å². The Morgan fingerprint density at radius 3 is 2.25 bits per heavy atom. The third-order valence-corrected chi connectivity index (χ3v) is 3.68. The van der Waals surface area contributed by atoms with Gasteiger partial charge in [-0.3, -0.25) is 0 Å². The minimum atomic E-state index is -0.625. The first kappa shape index (κ1) is 14.9. The van der Waals surface area contributed by atoms with Crippen LogP contribution in [0.3, 0.4) is 0 Å². The highest BCUT2D eigenvalue weighted by molar-refractivity contribution is 9.10. The molecule has 2 aromatic rings. The number of benzene rings is 2. The molecule has 0 aliphatic heterocycles. The summed E-state index contributed by atoms with van der Waals surface area (Å²) in [6.07, 6.45) is 0. The number of nitrogens with one attached hydrogen (secondary N) is 1. The molecule has 0 aliphatic rings. The monoisotopic (exact) mass is 343 g/mol. The van der Waals surface area contributed by atoms with Gasteiger partial charge in [0, 0.05) is 11.3 Å². The Bertz CT molecular complexity index is 623. The van der Waals surface area contributed by atoms with Crippen molar-refractivity contribution in [1.82, 2.24) is 0 Å². The molecule has 2 aromatic carbocycles. The van der Waals surface area contributed by atoms with Gasteiger partial charge >= 0.3 is 0 Å². The molecule has 0 saturated carbocycles. The van der Waals surface area contributed by atoms with Crippen LogP contribution in [0, 0.1) is 24.4 Å². The zero-order chi connectivity index (χ0) is 14.9. The van der Waals surface area contributed by atoms with Crippen molar-refractivity contribution in [3.8, 4) is 0 Å². The molecule has 20 heavy (non-hydrogen) atoms. The van der Waals surface area contributed by atoms with Crippen LogP contribution in [-0.4, -0.2) is 0 Å². The third-order valence-electron chi connectivity index (χ3n) is 3.07. The fourth-order valence-corrected chi connectivity index (χ4v) is 2.49. The summed E-state index contributed by atoms with van der Waals surface area (Å²) in [5, 5.41) is 2.94.